The number of ether oxygens (including phenoxy) is 1. The third kappa shape index (κ3) is 4.20. The normalized spacial score (nSPS) is 45.3. The SMILES string of the molecule is CC(=O)OC(C)(C)CCC(O)C(C)(O)C1CCC2(O)C3=CC(=O)C4CC(O)C(O)C(O)C4(C)C3CCC12C. The number of ketones is 1. The summed E-state index contributed by atoms with van der Waals surface area (Å²) in [5.41, 5.74) is -5.17. The number of fused-ring (bicyclic) bond motifs is 5. The highest BCUT2D eigenvalue weighted by atomic mass is 16.6. The average molecular weight is 539 g/mol. The molecule has 0 heterocycles. The van der Waals surface area contributed by atoms with Gasteiger partial charge in [-0.1, -0.05) is 13.8 Å². The van der Waals surface area contributed by atoms with E-state index < -0.39 is 69.9 Å². The van der Waals surface area contributed by atoms with E-state index in [2.05, 4.69) is 0 Å². The van der Waals surface area contributed by atoms with E-state index in [-0.39, 0.29) is 31.0 Å². The fraction of sp³-hybridized carbons (Fsp3) is 0.862. The van der Waals surface area contributed by atoms with Gasteiger partial charge in [0.1, 0.15) is 11.7 Å². The predicted molar refractivity (Wildman–Crippen MR) is 138 cm³/mol. The Morgan fingerprint density at radius 1 is 1.13 bits per heavy atom. The van der Waals surface area contributed by atoms with Crippen molar-refractivity contribution in [3.05, 3.63) is 11.6 Å². The molecule has 0 aliphatic heterocycles. The summed E-state index contributed by atoms with van der Waals surface area (Å²) >= 11 is 0. The monoisotopic (exact) mass is 538 g/mol. The Bertz CT molecular complexity index is 1000. The number of hydrogen-bond donors (Lipinski definition) is 6. The van der Waals surface area contributed by atoms with Crippen molar-refractivity contribution >= 4 is 11.8 Å². The summed E-state index contributed by atoms with van der Waals surface area (Å²) in [5.74, 6) is -2.22. The Morgan fingerprint density at radius 3 is 2.37 bits per heavy atom. The summed E-state index contributed by atoms with van der Waals surface area (Å²) < 4.78 is 5.33. The number of hydrogen-bond acceptors (Lipinski definition) is 9. The second-order valence-electron chi connectivity index (χ2n) is 13.8. The van der Waals surface area contributed by atoms with Gasteiger partial charge in [0.05, 0.1) is 29.5 Å². The lowest BCUT2D eigenvalue weighted by molar-refractivity contribution is -0.205. The highest BCUT2D eigenvalue weighted by Crippen LogP contribution is 2.68. The minimum atomic E-state index is -1.56. The summed E-state index contributed by atoms with van der Waals surface area (Å²) in [7, 11) is 0. The van der Waals surface area contributed by atoms with Gasteiger partial charge in [-0.05, 0) is 89.2 Å². The van der Waals surface area contributed by atoms with Crippen molar-refractivity contribution < 1.29 is 45.0 Å². The first-order valence-corrected chi connectivity index (χ1v) is 14.0. The highest BCUT2D eigenvalue weighted by Gasteiger charge is 2.70. The first-order chi connectivity index (χ1) is 17.3. The predicted octanol–water partition coefficient (Wildman–Crippen LogP) is 1.40. The van der Waals surface area contributed by atoms with E-state index in [1.807, 2.05) is 6.92 Å². The first kappa shape index (κ1) is 29.6. The second-order valence-corrected chi connectivity index (χ2v) is 13.8. The maximum Gasteiger partial charge on any atom is 0.303 e. The molecule has 4 aliphatic carbocycles. The van der Waals surface area contributed by atoms with Gasteiger partial charge >= 0.3 is 5.97 Å². The number of carbonyl (C=O) groups is 2. The van der Waals surface area contributed by atoms with E-state index in [4.69, 9.17) is 4.74 Å². The van der Waals surface area contributed by atoms with Crippen LogP contribution >= 0.6 is 0 Å². The molecule has 0 bridgehead atoms. The number of allylic oxidation sites excluding steroid dienone is 1. The largest absolute Gasteiger partial charge is 0.460 e. The van der Waals surface area contributed by atoms with Crippen molar-refractivity contribution in [2.24, 2.45) is 28.6 Å². The minimum absolute atomic E-state index is 0.0523. The zero-order valence-electron chi connectivity index (χ0n) is 23.5. The van der Waals surface area contributed by atoms with Gasteiger partial charge in [-0.25, -0.2) is 0 Å². The van der Waals surface area contributed by atoms with E-state index in [9.17, 15) is 40.2 Å². The van der Waals surface area contributed by atoms with Gasteiger partial charge < -0.3 is 35.4 Å². The van der Waals surface area contributed by atoms with Crippen LogP contribution in [0.1, 0.15) is 86.5 Å². The summed E-state index contributed by atoms with van der Waals surface area (Å²) in [6, 6.07) is 0. The van der Waals surface area contributed by atoms with Crippen LogP contribution in [0, 0.1) is 28.6 Å². The molecule has 6 N–H and O–H groups in total. The molecule has 0 aromatic heterocycles. The van der Waals surface area contributed by atoms with Crippen LogP contribution in [0.5, 0.6) is 0 Å². The summed E-state index contributed by atoms with van der Waals surface area (Å²) in [6.45, 7) is 10.1. The summed E-state index contributed by atoms with van der Waals surface area (Å²) in [4.78, 5) is 24.8. The lowest BCUT2D eigenvalue weighted by Gasteiger charge is -2.61. The first-order valence-electron chi connectivity index (χ1n) is 14.0. The van der Waals surface area contributed by atoms with Gasteiger partial charge in [-0.3, -0.25) is 9.59 Å². The number of esters is 1. The van der Waals surface area contributed by atoms with Gasteiger partial charge in [0.15, 0.2) is 5.78 Å². The third-order valence-corrected chi connectivity index (χ3v) is 11.1. The Hall–Kier alpha value is -1.36. The Labute approximate surface area is 224 Å². The van der Waals surface area contributed by atoms with Crippen LogP contribution in [0.4, 0.5) is 0 Å². The van der Waals surface area contributed by atoms with Crippen molar-refractivity contribution in [2.75, 3.05) is 0 Å². The van der Waals surface area contributed by atoms with Gasteiger partial charge in [0, 0.05) is 23.7 Å². The van der Waals surface area contributed by atoms with Crippen molar-refractivity contribution in [1.82, 2.24) is 0 Å². The molecule has 0 radical (unpaired) electrons. The van der Waals surface area contributed by atoms with Gasteiger partial charge in [-0.15, -0.1) is 0 Å². The molecule has 0 aromatic carbocycles. The lowest BCUT2D eigenvalue weighted by Crippen LogP contribution is -2.66. The fourth-order valence-corrected chi connectivity index (χ4v) is 8.79. The summed E-state index contributed by atoms with van der Waals surface area (Å²) in [6.07, 6.45) is -1.26. The second kappa shape index (κ2) is 9.35. The topological polar surface area (TPSA) is 165 Å². The molecule has 3 fully saturated rings. The molecular formula is C29H46O9. The highest BCUT2D eigenvalue weighted by molar-refractivity contribution is 5.95. The molecule has 216 valence electrons. The van der Waals surface area contributed by atoms with Crippen LogP contribution < -0.4 is 0 Å². The number of rotatable bonds is 6. The van der Waals surface area contributed by atoms with E-state index in [1.54, 1.807) is 27.7 Å². The van der Waals surface area contributed by atoms with E-state index in [1.165, 1.54) is 13.0 Å². The smallest absolute Gasteiger partial charge is 0.303 e. The summed E-state index contributed by atoms with van der Waals surface area (Å²) in [5, 5.41) is 67.1. The molecule has 11 atom stereocenters. The molecule has 0 amide bonds. The lowest BCUT2D eigenvalue weighted by atomic mass is 9.45. The molecule has 11 unspecified atom stereocenters. The van der Waals surface area contributed by atoms with Crippen LogP contribution in [0.25, 0.3) is 0 Å². The van der Waals surface area contributed by atoms with Crippen molar-refractivity contribution in [1.29, 1.82) is 0 Å². The molecular weight excluding hydrogens is 492 g/mol. The van der Waals surface area contributed by atoms with Gasteiger partial charge in [0.25, 0.3) is 0 Å². The Morgan fingerprint density at radius 2 is 1.76 bits per heavy atom. The molecule has 4 rings (SSSR count). The van der Waals surface area contributed by atoms with Gasteiger partial charge in [-0.2, -0.15) is 0 Å². The van der Waals surface area contributed by atoms with E-state index in [0.29, 0.717) is 31.3 Å². The number of aliphatic hydroxyl groups is 6. The number of carbonyl (C=O) groups excluding carboxylic acids is 2. The van der Waals surface area contributed by atoms with Crippen LogP contribution in [-0.2, 0) is 14.3 Å². The molecule has 3 saturated carbocycles. The molecule has 0 saturated heterocycles. The third-order valence-electron chi connectivity index (χ3n) is 11.1. The average Bonchev–Trinajstić information content (AvgIpc) is 3.09. The quantitative estimate of drug-likeness (QED) is 0.274. The van der Waals surface area contributed by atoms with Crippen molar-refractivity contribution in [3.8, 4) is 0 Å². The maximum absolute atomic E-state index is 13.3. The van der Waals surface area contributed by atoms with E-state index in [0.717, 1.165) is 0 Å². The fourth-order valence-electron chi connectivity index (χ4n) is 8.79. The molecule has 38 heavy (non-hydrogen) atoms. The van der Waals surface area contributed by atoms with Crippen LogP contribution in [-0.4, -0.2) is 83.6 Å². The van der Waals surface area contributed by atoms with Gasteiger partial charge in [0.2, 0.25) is 0 Å². The standard InChI is InChI=1S/C29H46O9/c1-15(30)38-25(2,3)10-9-22(33)28(6,36)21-8-12-29(37)17-13-19(31)18-14-20(32)23(34)24(35)27(18,5)16(17)7-11-26(21,29)4/h13,16,18,20-24,32-37H,7-12,14H2,1-6H3. The zero-order valence-corrected chi connectivity index (χ0v) is 23.5. The van der Waals surface area contributed by atoms with Crippen LogP contribution in [0.15, 0.2) is 11.6 Å². The maximum atomic E-state index is 13.3. The minimum Gasteiger partial charge on any atom is -0.460 e. The van der Waals surface area contributed by atoms with Crippen molar-refractivity contribution in [2.45, 2.75) is 128 Å². The number of aliphatic hydroxyl groups excluding tert-OH is 4. The molecule has 0 aromatic rings. The molecule has 9 heteroatoms. The zero-order chi connectivity index (χ0) is 28.6. The van der Waals surface area contributed by atoms with Crippen molar-refractivity contribution in [3.63, 3.8) is 0 Å². The van der Waals surface area contributed by atoms with E-state index >= 15 is 0 Å². The van der Waals surface area contributed by atoms with Crippen LogP contribution in [0.3, 0.4) is 0 Å². The Balaban J connectivity index is 1.63. The molecule has 4 aliphatic rings. The van der Waals surface area contributed by atoms with Crippen LogP contribution in [0.2, 0.25) is 0 Å². The Kier molecular flexibility index (Phi) is 7.29. The molecule has 9 nitrogen and oxygen atoms in total. The molecule has 0 spiro atoms.